The number of aromatic nitrogens is 1. The van der Waals surface area contributed by atoms with Crippen LogP contribution < -0.4 is 0 Å². The average Bonchev–Trinajstić information content (AvgIpc) is 2.90. The Morgan fingerprint density at radius 1 is 1.21 bits per heavy atom. The van der Waals surface area contributed by atoms with Crippen LogP contribution in [0.4, 0.5) is 0 Å². The van der Waals surface area contributed by atoms with Crippen LogP contribution in [0.25, 0.3) is 0 Å². The number of likely N-dealkylation sites (tertiary alicyclic amines) is 1. The molecule has 1 aromatic rings. The zero-order valence-corrected chi connectivity index (χ0v) is 17.8. The predicted molar refractivity (Wildman–Crippen MR) is 108 cm³/mol. The summed E-state index contributed by atoms with van der Waals surface area (Å²) in [6.45, 7) is 6.24. The fraction of sp³-hybridized carbons (Fsp3) is 0.682. The molecule has 2 aliphatic rings. The Kier molecular flexibility index (Phi) is 5.54. The Bertz CT molecular complexity index is 716. The SMILES string of the molecule is CN(C)[C@]1(c2ccccn2)CC[C@@]2(CC1)CC(=O)N(CC(=O)OC(C)(C)C)C2. The number of carbonyl (C=O) groups is 2. The molecule has 0 bridgehead atoms. The number of pyridine rings is 1. The summed E-state index contributed by atoms with van der Waals surface area (Å²) in [5.41, 5.74) is 0.447. The van der Waals surface area contributed by atoms with Crippen LogP contribution in [-0.4, -0.2) is 59.4 Å². The second-order valence-corrected chi connectivity index (χ2v) is 9.65. The molecule has 0 atom stereocenters. The monoisotopic (exact) mass is 387 g/mol. The Morgan fingerprint density at radius 2 is 1.89 bits per heavy atom. The lowest BCUT2D eigenvalue weighted by Crippen LogP contribution is -2.48. The normalized spacial score (nSPS) is 28.2. The van der Waals surface area contributed by atoms with Crippen LogP contribution in [0.5, 0.6) is 0 Å². The molecule has 1 aliphatic carbocycles. The molecular weight excluding hydrogens is 354 g/mol. The first-order valence-electron chi connectivity index (χ1n) is 10.1. The highest BCUT2D eigenvalue weighted by Crippen LogP contribution is 2.51. The molecular formula is C22H33N3O3. The fourth-order valence-corrected chi connectivity index (χ4v) is 4.75. The lowest BCUT2D eigenvalue weighted by molar-refractivity contribution is -0.158. The van der Waals surface area contributed by atoms with E-state index in [2.05, 4.69) is 30.0 Å². The van der Waals surface area contributed by atoms with E-state index in [-0.39, 0.29) is 29.4 Å². The summed E-state index contributed by atoms with van der Waals surface area (Å²) in [5, 5.41) is 0. The molecule has 6 nitrogen and oxygen atoms in total. The van der Waals surface area contributed by atoms with Crippen molar-refractivity contribution in [3.8, 4) is 0 Å². The fourth-order valence-electron chi connectivity index (χ4n) is 4.75. The van der Waals surface area contributed by atoms with E-state index in [1.807, 2.05) is 39.1 Å². The summed E-state index contributed by atoms with van der Waals surface area (Å²) in [5.74, 6) is -0.258. The van der Waals surface area contributed by atoms with E-state index in [9.17, 15) is 9.59 Å². The number of carbonyl (C=O) groups excluding carboxylic acids is 2. The van der Waals surface area contributed by atoms with Gasteiger partial charge in [0.1, 0.15) is 12.1 Å². The van der Waals surface area contributed by atoms with Crippen molar-refractivity contribution >= 4 is 11.9 Å². The smallest absolute Gasteiger partial charge is 0.326 e. The molecule has 1 saturated carbocycles. The van der Waals surface area contributed by atoms with Crippen LogP contribution in [-0.2, 0) is 19.9 Å². The third-order valence-corrected chi connectivity index (χ3v) is 6.28. The predicted octanol–water partition coefficient (Wildman–Crippen LogP) is 2.97. The lowest BCUT2D eigenvalue weighted by Gasteiger charge is -2.48. The molecule has 0 radical (unpaired) electrons. The zero-order valence-electron chi connectivity index (χ0n) is 17.8. The van der Waals surface area contributed by atoms with Crippen LogP contribution >= 0.6 is 0 Å². The van der Waals surface area contributed by atoms with Crippen LogP contribution in [0.1, 0.15) is 58.6 Å². The molecule has 1 saturated heterocycles. The van der Waals surface area contributed by atoms with Gasteiger partial charge in [0.05, 0.1) is 11.2 Å². The lowest BCUT2D eigenvalue weighted by atomic mass is 9.65. The van der Waals surface area contributed by atoms with Crippen LogP contribution in [0.15, 0.2) is 24.4 Å². The first-order valence-corrected chi connectivity index (χ1v) is 10.1. The minimum absolute atomic E-state index is 0.0343. The second kappa shape index (κ2) is 7.47. The number of nitrogens with zero attached hydrogens (tertiary/aromatic N) is 3. The minimum Gasteiger partial charge on any atom is -0.459 e. The molecule has 1 amide bonds. The molecule has 3 rings (SSSR count). The third kappa shape index (κ3) is 4.22. The van der Waals surface area contributed by atoms with Crippen molar-refractivity contribution < 1.29 is 14.3 Å². The summed E-state index contributed by atoms with van der Waals surface area (Å²) in [4.78, 5) is 33.4. The highest BCUT2D eigenvalue weighted by atomic mass is 16.6. The molecule has 154 valence electrons. The Hall–Kier alpha value is -1.95. The van der Waals surface area contributed by atoms with Gasteiger partial charge in [0, 0.05) is 19.2 Å². The number of ether oxygens (including phenoxy) is 1. The summed E-state index contributed by atoms with van der Waals surface area (Å²) in [7, 11) is 4.22. The number of rotatable bonds is 4. The quantitative estimate of drug-likeness (QED) is 0.743. The molecule has 0 N–H and O–H groups in total. The van der Waals surface area contributed by atoms with Gasteiger partial charge >= 0.3 is 5.97 Å². The van der Waals surface area contributed by atoms with Crippen molar-refractivity contribution in [2.75, 3.05) is 27.2 Å². The van der Waals surface area contributed by atoms with E-state index in [1.54, 1.807) is 4.90 Å². The molecule has 2 fully saturated rings. The molecule has 1 aromatic heterocycles. The van der Waals surface area contributed by atoms with Crippen LogP contribution in [0, 0.1) is 5.41 Å². The largest absolute Gasteiger partial charge is 0.459 e. The maximum Gasteiger partial charge on any atom is 0.326 e. The van der Waals surface area contributed by atoms with Gasteiger partial charge in [-0.05, 0) is 78.1 Å². The Morgan fingerprint density at radius 3 is 2.43 bits per heavy atom. The number of hydrogen-bond donors (Lipinski definition) is 0. The molecule has 1 aliphatic heterocycles. The molecule has 2 heterocycles. The van der Waals surface area contributed by atoms with Crippen molar-refractivity contribution in [2.45, 2.75) is 64.0 Å². The topological polar surface area (TPSA) is 62.7 Å². The average molecular weight is 388 g/mol. The van der Waals surface area contributed by atoms with Crippen LogP contribution in [0.3, 0.4) is 0 Å². The molecule has 1 spiro atoms. The Balaban J connectivity index is 1.68. The highest BCUT2D eigenvalue weighted by molar-refractivity contribution is 5.84. The van der Waals surface area contributed by atoms with Gasteiger partial charge in [-0.15, -0.1) is 0 Å². The summed E-state index contributed by atoms with van der Waals surface area (Å²) in [6, 6.07) is 6.09. The third-order valence-electron chi connectivity index (χ3n) is 6.28. The van der Waals surface area contributed by atoms with Gasteiger partial charge in [0.2, 0.25) is 5.91 Å². The van der Waals surface area contributed by atoms with Gasteiger partial charge in [-0.2, -0.15) is 0 Å². The van der Waals surface area contributed by atoms with E-state index in [0.29, 0.717) is 13.0 Å². The van der Waals surface area contributed by atoms with Crippen molar-refractivity contribution in [1.82, 2.24) is 14.8 Å². The van der Waals surface area contributed by atoms with Gasteiger partial charge in [-0.1, -0.05) is 6.07 Å². The van der Waals surface area contributed by atoms with E-state index in [0.717, 1.165) is 31.4 Å². The summed E-state index contributed by atoms with van der Waals surface area (Å²) >= 11 is 0. The molecule has 28 heavy (non-hydrogen) atoms. The summed E-state index contributed by atoms with van der Waals surface area (Å²) in [6.07, 6.45) is 6.22. The van der Waals surface area contributed by atoms with Gasteiger partial charge < -0.3 is 9.64 Å². The maximum atomic E-state index is 12.6. The zero-order chi connectivity index (χ0) is 20.6. The van der Waals surface area contributed by atoms with Crippen molar-refractivity contribution in [3.63, 3.8) is 0 Å². The van der Waals surface area contributed by atoms with Crippen molar-refractivity contribution in [3.05, 3.63) is 30.1 Å². The maximum absolute atomic E-state index is 12.6. The first kappa shape index (κ1) is 20.8. The van der Waals surface area contributed by atoms with Gasteiger partial charge in [0.15, 0.2) is 0 Å². The van der Waals surface area contributed by atoms with Gasteiger partial charge in [-0.3, -0.25) is 19.5 Å². The van der Waals surface area contributed by atoms with E-state index >= 15 is 0 Å². The van der Waals surface area contributed by atoms with Crippen LogP contribution in [0.2, 0.25) is 0 Å². The number of hydrogen-bond acceptors (Lipinski definition) is 5. The van der Waals surface area contributed by atoms with E-state index < -0.39 is 5.60 Å². The standard InChI is InChI=1S/C22H33N3O3/c1-20(2,3)28-19(27)15-25-16-21(14-18(25)26)9-11-22(12-10-21,24(4)5)17-8-6-7-13-23-17/h6-8,13H,9-12,14-16H2,1-5H3/t21-,22-. The number of amides is 1. The van der Waals surface area contributed by atoms with E-state index in [1.165, 1.54) is 0 Å². The second-order valence-electron chi connectivity index (χ2n) is 9.65. The van der Waals surface area contributed by atoms with Gasteiger partial charge in [0.25, 0.3) is 0 Å². The molecule has 0 aromatic carbocycles. The van der Waals surface area contributed by atoms with E-state index in [4.69, 9.17) is 4.74 Å². The minimum atomic E-state index is -0.531. The van der Waals surface area contributed by atoms with Crippen molar-refractivity contribution in [1.29, 1.82) is 0 Å². The molecule has 0 unspecified atom stereocenters. The highest BCUT2D eigenvalue weighted by Gasteiger charge is 2.50. The molecule has 6 heteroatoms. The summed E-state index contributed by atoms with van der Waals surface area (Å²) < 4.78 is 5.40. The van der Waals surface area contributed by atoms with Crippen molar-refractivity contribution in [2.24, 2.45) is 5.41 Å². The van der Waals surface area contributed by atoms with Gasteiger partial charge in [-0.25, -0.2) is 0 Å². The first-order chi connectivity index (χ1) is 13.1. The number of esters is 1. The Labute approximate surface area is 168 Å².